The minimum atomic E-state index is -3.87. The Morgan fingerprint density at radius 3 is 2.70 bits per heavy atom. The molecule has 152 valence electrons. The molecule has 3 aromatic heterocycles. The van der Waals surface area contributed by atoms with Gasteiger partial charge < -0.3 is 5.32 Å². The van der Waals surface area contributed by atoms with E-state index in [-0.39, 0.29) is 4.90 Å². The van der Waals surface area contributed by atoms with Gasteiger partial charge in [-0.25, -0.2) is 18.5 Å². The second-order valence-corrected chi connectivity index (χ2v) is 8.65. The lowest BCUT2D eigenvalue weighted by atomic mass is 10.0. The second kappa shape index (κ2) is 6.82. The van der Waals surface area contributed by atoms with E-state index < -0.39 is 10.0 Å². The first-order chi connectivity index (χ1) is 14.4. The summed E-state index contributed by atoms with van der Waals surface area (Å²) in [5, 5.41) is 22.0. The van der Waals surface area contributed by atoms with Crippen molar-refractivity contribution in [1.82, 2.24) is 30.2 Å². The topological polar surface area (TPSA) is 142 Å². The molecular weight excluding hydrogens is 404 g/mol. The van der Waals surface area contributed by atoms with E-state index >= 15 is 0 Å². The van der Waals surface area contributed by atoms with Crippen molar-refractivity contribution >= 4 is 32.3 Å². The van der Waals surface area contributed by atoms with E-state index in [0.29, 0.717) is 40.2 Å². The molecular formula is C19H18N8O2S. The zero-order chi connectivity index (χ0) is 20.9. The van der Waals surface area contributed by atoms with Crippen LogP contribution < -0.4 is 10.5 Å². The molecule has 0 spiro atoms. The normalized spacial score (nSPS) is 13.5. The van der Waals surface area contributed by atoms with Crippen LogP contribution >= 0.6 is 0 Å². The minimum Gasteiger partial charge on any atom is -0.338 e. The van der Waals surface area contributed by atoms with Gasteiger partial charge in [-0.2, -0.15) is 4.80 Å². The molecule has 1 aliphatic rings. The summed E-state index contributed by atoms with van der Waals surface area (Å²) >= 11 is 0. The van der Waals surface area contributed by atoms with Crippen molar-refractivity contribution in [2.75, 3.05) is 5.32 Å². The van der Waals surface area contributed by atoms with Gasteiger partial charge in [0.1, 0.15) is 11.5 Å². The summed E-state index contributed by atoms with van der Waals surface area (Å²) in [4.78, 5) is 10.4. The molecule has 1 aromatic carbocycles. The van der Waals surface area contributed by atoms with Crippen molar-refractivity contribution in [1.29, 1.82) is 0 Å². The van der Waals surface area contributed by atoms with Crippen LogP contribution in [-0.4, -0.2) is 38.6 Å². The number of nitrogens with two attached hydrogens (primary N) is 1. The van der Waals surface area contributed by atoms with Gasteiger partial charge in [-0.3, -0.25) is 4.98 Å². The largest absolute Gasteiger partial charge is 0.338 e. The maximum absolute atomic E-state index is 12.4. The Balaban J connectivity index is 1.57. The fraction of sp³-hybridized carbons (Fsp3) is 0.211. The number of nitrogens with zero attached hydrogens (tertiary/aromatic N) is 6. The highest BCUT2D eigenvalue weighted by molar-refractivity contribution is 7.89. The van der Waals surface area contributed by atoms with E-state index in [1.807, 2.05) is 12.1 Å². The molecule has 3 heterocycles. The zero-order valence-corrected chi connectivity index (χ0v) is 16.9. The Morgan fingerprint density at radius 1 is 1.13 bits per heavy atom. The Bertz CT molecular complexity index is 1380. The van der Waals surface area contributed by atoms with Crippen LogP contribution in [0.15, 0.2) is 41.6 Å². The Labute approximate surface area is 172 Å². The number of fused-ring (bicyclic) bond motifs is 2. The number of hydrogen-bond donors (Lipinski definition) is 2. The Morgan fingerprint density at radius 2 is 2.00 bits per heavy atom. The van der Waals surface area contributed by atoms with Crippen LogP contribution in [0.4, 0.5) is 11.5 Å². The number of tetrazole rings is 1. The monoisotopic (exact) mass is 422 g/mol. The molecule has 3 N–H and O–H groups in total. The van der Waals surface area contributed by atoms with Gasteiger partial charge in [0.25, 0.3) is 0 Å². The highest BCUT2D eigenvalue weighted by atomic mass is 32.2. The molecule has 0 bridgehead atoms. The van der Waals surface area contributed by atoms with E-state index in [1.165, 1.54) is 4.80 Å². The van der Waals surface area contributed by atoms with Crippen LogP contribution in [0, 0.1) is 0 Å². The number of benzene rings is 1. The van der Waals surface area contributed by atoms with E-state index in [2.05, 4.69) is 30.7 Å². The highest BCUT2D eigenvalue weighted by Gasteiger charge is 2.25. The predicted molar refractivity (Wildman–Crippen MR) is 110 cm³/mol. The maximum Gasteiger partial charge on any atom is 0.238 e. The number of sulfonamides is 1. The first-order valence-corrected chi connectivity index (χ1v) is 10.9. The number of aromatic nitrogens is 6. The first-order valence-electron chi connectivity index (χ1n) is 9.34. The number of nitrogens with one attached hydrogen (secondary N) is 1. The molecule has 0 saturated carbocycles. The SMILES string of the molecule is Cn1nnc(-c2ccc(Nc3nccc4c(S(N)(=O)=O)c5c(cc34)CCC5)cn2)n1. The average Bonchev–Trinajstić information content (AvgIpc) is 3.35. The molecule has 30 heavy (non-hydrogen) atoms. The van der Waals surface area contributed by atoms with E-state index in [1.54, 1.807) is 31.6 Å². The second-order valence-electron chi connectivity index (χ2n) is 7.16. The van der Waals surface area contributed by atoms with Gasteiger partial charge in [-0.15, -0.1) is 10.2 Å². The van der Waals surface area contributed by atoms with Crippen LogP contribution in [0.1, 0.15) is 17.5 Å². The van der Waals surface area contributed by atoms with Gasteiger partial charge in [0.2, 0.25) is 15.8 Å². The van der Waals surface area contributed by atoms with Crippen LogP contribution in [-0.2, 0) is 29.9 Å². The number of pyridine rings is 2. The number of primary sulfonamides is 1. The molecule has 0 unspecified atom stereocenters. The third-order valence-corrected chi connectivity index (χ3v) is 6.17. The maximum atomic E-state index is 12.4. The van der Waals surface area contributed by atoms with Gasteiger partial charge in [0, 0.05) is 17.0 Å². The molecule has 10 nitrogen and oxygen atoms in total. The van der Waals surface area contributed by atoms with Crippen molar-refractivity contribution in [2.45, 2.75) is 24.2 Å². The smallest absolute Gasteiger partial charge is 0.238 e. The summed E-state index contributed by atoms with van der Waals surface area (Å²) < 4.78 is 24.7. The lowest BCUT2D eigenvalue weighted by molar-refractivity contribution is 0.597. The van der Waals surface area contributed by atoms with Crippen LogP contribution in [0.2, 0.25) is 0 Å². The number of rotatable bonds is 4. The number of hydrogen-bond acceptors (Lipinski definition) is 8. The van der Waals surface area contributed by atoms with E-state index in [9.17, 15) is 8.42 Å². The average molecular weight is 422 g/mol. The van der Waals surface area contributed by atoms with Crippen molar-refractivity contribution in [2.24, 2.45) is 12.2 Å². The molecule has 4 aromatic rings. The Kier molecular flexibility index (Phi) is 4.22. The highest BCUT2D eigenvalue weighted by Crippen LogP contribution is 2.37. The van der Waals surface area contributed by atoms with Crippen molar-refractivity contribution in [3.63, 3.8) is 0 Å². The summed E-state index contributed by atoms with van der Waals surface area (Å²) in [7, 11) is -2.18. The van der Waals surface area contributed by atoms with Gasteiger partial charge in [0.15, 0.2) is 0 Å². The quantitative estimate of drug-likeness (QED) is 0.506. The molecule has 11 heteroatoms. The number of anilines is 2. The first kappa shape index (κ1) is 18.6. The molecule has 0 fully saturated rings. The summed E-state index contributed by atoms with van der Waals surface area (Å²) in [5.74, 6) is 0.972. The standard InChI is InChI=1S/C19H18N8O2S/c1-27-25-19(24-26-27)16-6-5-12(10-22-16)23-18-15-9-11-3-2-4-13(11)17(30(20,28)29)14(15)7-8-21-18/h5-10H,2-4H2,1H3,(H,21,23)(H2,20,28,29). The molecule has 0 saturated heterocycles. The third-order valence-electron chi connectivity index (χ3n) is 5.14. The zero-order valence-electron chi connectivity index (χ0n) is 16.1. The van der Waals surface area contributed by atoms with Crippen LogP contribution in [0.25, 0.3) is 22.3 Å². The van der Waals surface area contributed by atoms with Gasteiger partial charge in [-0.05, 0) is 59.9 Å². The molecule has 0 aliphatic heterocycles. The Hall–Kier alpha value is -3.44. The molecule has 0 radical (unpaired) electrons. The van der Waals surface area contributed by atoms with E-state index in [4.69, 9.17) is 5.14 Å². The van der Waals surface area contributed by atoms with Gasteiger partial charge in [-0.1, -0.05) is 0 Å². The minimum absolute atomic E-state index is 0.208. The van der Waals surface area contributed by atoms with Gasteiger partial charge in [0.05, 0.1) is 23.8 Å². The fourth-order valence-electron chi connectivity index (χ4n) is 3.89. The molecule has 5 rings (SSSR count). The van der Waals surface area contributed by atoms with Crippen molar-refractivity contribution in [3.05, 3.63) is 47.8 Å². The molecule has 1 aliphatic carbocycles. The predicted octanol–water partition coefficient (Wildman–Crippen LogP) is 1.70. The van der Waals surface area contributed by atoms with Crippen molar-refractivity contribution in [3.8, 4) is 11.5 Å². The van der Waals surface area contributed by atoms with E-state index in [0.717, 1.165) is 24.0 Å². The molecule has 0 atom stereocenters. The summed E-state index contributed by atoms with van der Waals surface area (Å²) in [5.41, 5.74) is 3.11. The lowest BCUT2D eigenvalue weighted by Gasteiger charge is -2.14. The lowest BCUT2D eigenvalue weighted by Crippen LogP contribution is -2.15. The number of aryl methyl sites for hydroxylation is 2. The third kappa shape index (κ3) is 3.17. The van der Waals surface area contributed by atoms with Crippen molar-refractivity contribution < 1.29 is 8.42 Å². The van der Waals surface area contributed by atoms with Gasteiger partial charge >= 0.3 is 0 Å². The fourth-order valence-corrected chi connectivity index (χ4v) is 4.95. The molecule has 0 amide bonds. The summed E-state index contributed by atoms with van der Waals surface area (Å²) in [6.07, 6.45) is 5.66. The van der Waals surface area contributed by atoms with Crippen LogP contribution in [0.3, 0.4) is 0 Å². The summed E-state index contributed by atoms with van der Waals surface area (Å²) in [6.45, 7) is 0. The van der Waals surface area contributed by atoms with Crippen LogP contribution in [0.5, 0.6) is 0 Å². The summed E-state index contributed by atoms with van der Waals surface area (Å²) in [6, 6.07) is 7.30.